The number of H-pyrrole nitrogens is 1. The van der Waals surface area contributed by atoms with E-state index in [4.69, 9.17) is 11.6 Å². The Morgan fingerprint density at radius 2 is 2.26 bits per heavy atom. The number of nitrogens with one attached hydrogen (secondary N) is 2. The van der Waals surface area contributed by atoms with E-state index in [1.807, 2.05) is 25.1 Å². The number of amides is 1. The van der Waals surface area contributed by atoms with Crippen LogP contribution in [0.25, 0.3) is 6.08 Å². The molecule has 5 heteroatoms. The third-order valence-corrected chi connectivity index (χ3v) is 3.04. The van der Waals surface area contributed by atoms with Crippen LogP contribution in [0.1, 0.15) is 24.1 Å². The lowest BCUT2D eigenvalue weighted by molar-refractivity contribution is -0.117. The fraction of sp³-hybridized carbons (Fsp3) is 0.143. The highest BCUT2D eigenvalue weighted by molar-refractivity contribution is 6.32. The van der Waals surface area contributed by atoms with Crippen LogP contribution in [0.2, 0.25) is 5.02 Å². The molecule has 1 atom stereocenters. The van der Waals surface area contributed by atoms with Crippen LogP contribution in [-0.2, 0) is 4.79 Å². The molecule has 2 rings (SSSR count). The highest BCUT2D eigenvalue weighted by Crippen LogP contribution is 2.16. The number of hydrogen-bond donors (Lipinski definition) is 2. The Kier molecular flexibility index (Phi) is 4.36. The molecule has 0 bridgehead atoms. The minimum absolute atomic E-state index is 0.0952. The molecule has 98 valence electrons. The number of rotatable bonds is 4. The van der Waals surface area contributed by atoms with E-state index >= 15 is 0 Å². The van der Waals surface area contributed by atoms with Crippen molar-refractivity contribution in [1.82, 2.24) is 15.5 Å². The van der Waals surface area contributed by atoms with E-state index in [1.54, 1.807) is 24.5 Å². The topological polar surface area (TPSA) is 57.8 Å². The van der Waals surface area contributed by atoms with E-state index in [1.165, 1.54) is 6.08 Å². The van der Waals surface area contributed by atoms with Gasteiger partial charge in [-0.3, -0.25) is 9.89 Å². The van der Waals surface area contributed by atoms with Crippen molar-refractivity contribution in [2.45, 2.75) is 13.0 Å². The lowest BCUT2D eigenvalue weighted by Crippen LogP contribution is -2.24. The Hall–Kier alpha value is -2.07. The molecule has 0 radical (unpaired) electrons. The second-order valence-electron chi connectivity index (χ2n) is 4.12. The van der Waals surface area contributed by atoms with Gasteiger partial charge in [-0.1, -0.05) is 29.8 Å². The molecule has 0 spiro atoms. The van der Waals surface area contributed by atoms with Crippen LogP contribution in [-0.4, -0.2) is 16.1 Å². The molecule has 1 amide bonds. The molecule has 1 heterocycles. The molecule has 0 fully saturated rings. The molecule has 0 aliphatic heterocycles. The SMILES string of the molecule is CC(NC(=O)/C=C/c1ccccc1Cl)c1cn[nH]c1. The number of halogens is 1. The number of carbonyl (C=O) groups is 1. The summed E-state index contributed by atoms with van der Waals surface area (Å²) in [6.45, 7) is 1.89. The minimum Gasteiger partial charge on any atom is -0.346 e. The Morgan fingerprint density at radius 3 is 2.95 bits per heavy atom. The van der Waals surface area contributed by atoms with E-state index in [9.17, 15) is 4.79 Å². The summed E-state index contributed by atoms with van der Waals surface area (Å²) in [4.78, 5) is 11.8. The number of benzene rings is 1. The maximum Gasteiger partial charge on any atom is 0.244 e. The molecule has 1 unspecified atom stereocenters. The van der Waals surface area contributed by atoms with Gasteiger partial charge in [0.05, 0.1) is 12.2 Å². The average molecular weight is 276 g/mol. The van der Waals surface area contributed by atoms with Crippen molar-refractivity contribution in [2.24, 2.45) is 0 Å². The molecule has 4 nitrogen and oxygen atoms in total. The zero-order valence-corrected chi connectivity index (χ0v) is 11.2. The molecule has 0 saturated carbocycles. The van der Waals surface area contributed by atoms with Crippen molar-refractivity contribution in [3.63, 3.8) is 0 Å². The smallest absolute Gasteiger partial charge is 0.244 e. The van der Waals surface area contributed by atoms with Crippen molar-refractivity contribution in [1.29, 1.82) is 0 Å². The van der Waals surface area contributed by atoms with E-state index in [-0.39, 0.29) is 11.9 Å². The Labute approximate surface area is 116 Å². The van der Waals surface area contributed by atoms with Crippen LogP contribution in [0.3, 0.4) is 0 Å². The first-order valence-electron chi connectivity index (χ1n) is 5.88. The van der Waals surface area contributed by atoms with E-state index < -0.39 is 0 Å². The summed E-state index contributed by atoms with van der Waals surface area (Å²) in [6.07, 6.45) is 6.60. The van der Waals surface area contributed by atoms with Gasteiger partial charge in [-0.2, -0.15) is 5.10 Å². The molecule has 2 N–H and O–H groups in total. The summed E-state index contributed by atoms with van der Waals surface area (Å²) in [5.74, 6) is -0.173. The third kappa shape index (κ3) is 3.69. The van der Waals surface area contributed by atoms with Gasteiger partial charge in [-0.15, -0.1) is 0 Å². The van der Waals surface area contributed by atoms with Crippen LogP contribution in [0, 0.1) is 0 Å². The van der Waals surface area contributed by atoms with Crippen molar-refractivity contribution in [2.75, 3.05) is 0 Å². The first kappa shape index (κ1) is 13.4. The van der Waals surface area contributed by atoms with Crippen molar-refractivity contribution in [3.05, 3.63) is 58.9 Å². The summed E-state index contributed by atoms with van der Waals surface area (Å²) < 4.78 is 0. The van der Waals surface area contributed by atoms with Crippen molar-refractivity contribution < 1.29 is 4.79 Å². The van der Waals surface area contributed by atoms with Gasteiger partial charge in [-0.25, -0.2) is 0 Å². The fourth-order valence-electron chi connectivity index (χ4n) is 1.62. The number of aromatic amines is 1. The third-order valence-electron chi connectivity index (χ3n) is 2.70. The van der Waals surface area contributed by atoms with Gasteiger partial charge in [0.2, 0.25) is 5.91 Å². The maximum absolute atomic E-state index is 11.8. The Bertz CT molecular complexity index is 578. The van der Waals surface area contributed by atoms with Crippen molar-refractivity contribution in [3.8, 4) is 0 Å². The predicted molar refractivity (Wildman–Crippen MR) is 75.6 cm³/mol. The van der Waals surface area contributed by atoms with Crippen molar-refractivity contribution >= 4 is 23.6 Å². The minimum atomic E-state index is -0.173. The van der Waals surface area contributed by atoms with E-state index in [0.717, 1.165) is 11.1 Å². The number of aromatic nitrogens is 2. The van der Waals surface area contributed by atoms with Gasteiger partial charge in [0, 0.05) is 22.9 Å². The Balaban J connectivity index is 1.96. The quantitative estimate of drug-likeness (QED) is 0.843. The molecule has 2 aromatic rings. The predicted octanol–water partition coefficient (Wildman–Crippen LogP) is 2.95. The summed E-state index contributed by atoms with van der Waals surface area (Å²) >= 11 is 6.00. The highest BCUT2D eigenvalue weighted by Gasteiger charge is 2.08. The molecule has 1 aromatic carbocycles. The summed E-state index contributed by atoms with van der Waals surface area (Å²) in [7, 11) is 0. The largest absolute Gasteiger partial charge is 0.346 e. The second-order valence-corrected chi connectivity index (χ2v) is 4.52. The van der Waals surface area contributed by atoms with Gasteiger partial charge >= 0.3 is 0 Å². The molecule has 0 aliphatic rings. The van der Waals surface area contributed by atoms with Gasteiger partial charge in [0.1, 0.15) is 0 Å². The highest BCUT2D eigenvalue weighted by atomic mass is 35.5. The zero-order chi connectivity index (χ0) is 13.7. The fourth-order valence-corrected chi connectivity index (χ4v) is 1.82. The summed E-state index contributed by atoms with van der Waals surface area (Å²) in [5.41, 5.74) is 1.75. The van der Waals surface area contributed by atoms with Crippen LogP contribution in [0.5, 0.6) is 0 Å². The molecule has 0 saturated heterocycles. The van der Waals surface area contributed by atoms with Crippen LogP contribution in [0.4, 0.5) is 0 Å². The van der Waals surface area contributed by atoms with Gasteiger partial charge in [0.25, 0.3) is 0 Å². The molecule has 1 aromatic heterocycles. The van der Waals surface area contributed by atoms with Crippen LogP contribution in [0.15, 0.2) is 42.7 Å². The lowest BCUT2D eigenvalue weighted by atomic mass is 10.2. The number of nitrogens with zero attached hydrogens (tertiary/aromatic N) is 1. The first-order chi connectivity index (χ1) is 9.16. The Morgan fingerprint density at radius 1 is 1.47 bits per heavy atom. The summed E-state index contributed by atoms with van der Waals surface area (Å²) in [6, 6.07) is 7.26. The zero-order valence-electron chi connectivity index (χ0n) is 10.4. The monoisotopic (exact) mass is 275 g/mol. The molecular weight excluding hydrogens is 262 g/mol. The number of carbonyl (C=O) groups excluding carboxylic acids is 1. The van der Waals surface area contributed by atoms with Crippen LogP contribution >= 0.6 is 11.6 Å². The molecular formula is C14H14ClN3O. The number of hydrogen-bond acceptors (Lipinski definition) is 2. The van der Waals surface area contributed by atoms with Gasteiger partial charge in [0.15, 0.2) is 0 Å². The van der Waals surface area contributed by atoms with Gasteiger partial charge in [-0.05, 0) is 24.6 Å². The maximum atomic E-state index is 11.8. The van der Waals surface area contributed by atoms with Crippen LogP contribution < -0.4 is 5.32 Å². The van der Waals surface area contributed by atoms with E-state index in [2.05, 4.69) is 15.5 Å². The normalized spacial score (nSPS) is 12.5. The summed E-state index contributed by atoms with van der Waals surface area (Å²) in [5, 5.41) is 10.0. The van der Waals surface area contributed by atoms with E-state index in [0.29, 0.717) is 5.02 Å². The molecule has 19 heavy (non-hydrogen) atoms. The second kappa shape index (κ2) is 6.20. The lowest BCUT2D eigenvalue weighted by Gasteiger charge is -2.09. The molecule has 0 aliphatic carbocycles. The standard InChI is InChI=1S/C14H14ClN3O/c1-10(12-8-16-17-9-12)18-14(19)7-6-11-4-2-3-5-13(11)15/h2-10H,1H3,(H,16,17)(H,18,19)/b7-6+. The first-order valence-corrected chi connectivity index (χ1v) is 6.26. The van der Waals surface area contributed by atoms with Gasteiger partial charge < -0.3 is 5.32 Å². The average Bonchev–Trinajstić information content (AvgIpc) is 2.91.